The second-order valence-electron chi connectivity index (χ2n) is 6.44. The highest BCUT2D eigenvalue weighted by molar-refractivity contribution is 5.97. The number of carbonyl (C=O) groups excluding carboxylic acids is 2. The molecule has 0 atom stereocenters. The summed E-state index contributed by atoms with van der Waals surface area (Å²) in [4.78, 5) is 28.3. The van der Waals surface area contributed by atoms with Crippen LogP contribution in [-0.2, 0) is 17.8 Å². The molecular weight excluding hydrogens is 300 g/mol. The van der Waals surface area contributed by atoms with E-state index in [0.717, 1.165) is 31.6 Å². The number of nitrogens with zero attached hydrogens (tertiary/aromatic N) is 2. The van der Waals surface area contributed by atoms with E-state index in [2.05, 4.69) is 18.2 Å². The standard InChI is InChI=1S/C20H20N2O2/c23-19-6-3-12-22(19)18-9-7-16(8-10-18)20(24)21-13-11-15-4-1-2-5-17(15)14-21/h1-2,4-5,7-10H,3,6,11-14H2. The first kappa shape index (κ1) is 14.9. The van der Waals surface area contributed by atoms with Gasteiger partial charge in [0.15, 0.2) is 0 Å². The van der Waals surface area contributed by atoms with Gasteiger partial charge in [0.1, 0.15) is 0 Å². The highest BCUT2D eigenvalue weighted by Crippen LogP contribution is 2.24. The summed E-state index contributed by atoms with van der Waals surface area (Å²) in [5.41, 5.74) is 4.14. The average Bonchev–Trinajstić information content (AvgIpc) is 3.07. The molecule has 0 saturated carbocycles. The third kappa shape index (κ3) is 2.68. The van der Waals surface area contributed by atoms with Gasteiger partial charge in [-0.05, 0) is 48.2 Å². The maximum atomic E-state index is 12.8. The van der Waals surface area contributed by atoms with Crippen LogP contribution in [0.4, 0.5) is 5.69 Å². The van der Waals surface area contributed by atoms with Gasteiger partial charge in [-0.25, -0.2) is 0 Å². The molecule has 2 aliphatic rings. The van der Waals surface area contributed by atoms with Crippen molar-refractivity contribution in [3.8, 4) is 0 Å². The molecule has 2 amide bonds. The van der Waals surface area contributed by atoms with Gasteiger partial charge >= 0.3 is 0 Å². The smallest absolute Gasteiger partial charge is 0.254 e. The number of hydrogen-bond acceptors (Lipinski definition) is 2. The molecule has 0 aliphatic carbocycles. The fourth-order valence-corrected chi connectivity index (χ4v) is 3.56. The van der Waals surface area contributed by atoms with Crippen molar-refractivity contribution < 1.29 is 9.59 Å². The van der Waals surface area contributed by atoms with Gasteiger partial charge in [-0.2, -0.15) is 0 Å². The molecule has 4 rings (SSSR count). The van der Waals surface area contributed by atoms with Crippen molar-refractivity contribution in [2.45, 2.75) is 25.8 Å². The van der Waals surface area contributed by atoms with E-state index in [-0.39, 0.29) is 11.8 Å². The first-order valence-corrected chi connectivity index (χ1v) is 8.49. The largest absolute Gasteiger partial charge is 0.334 e. The SMILES string of the molecule is O=C(c1ccc(N2CCCC2=O)cc1)N1CCc2ccccc2C1. The molecule has 0 spiro atoms. The van der Waals surface area contributed by atoms with E-state index in [1.807, 2.05) is 35.2 Å². The molecule has 2 heterocycles. The van der Waals surface area contributed by atoms with Crippen molar-refractivity contribution in [2.75, 3.05) is 18.0 Å². The number of benzene rings is 2. The van der Waals surface area contributed by atoms with Crippen LogP contribution in [0, 0.1) is 0 Å². The molecule has 4 heteroatoms. The highest BCUT2D eigenvalue weighted by atomic mass is 16.2. The lowest BCUT2D eigenvalue weighted by Crippen LogP contribution is -2.35. The Bertz CT molecular complexity index is 782. The number of hydrogen-bond donors (Lipinski definition) is 0. The summed E-state index contributed by atoms with van der Waals surface area (Å²) in [6.07, 6.45) is 2.43. The van der Waals surface area contributed by atoms with Crippen molar-refractivity contribution in [3.63, 3.8) is 0 Å². The minimum atomic E-state index is 0.0591. The van der Waals surface area contributed by atoms with Crippen LogP contribution in [0.5, 0.6) is 0 Å². The Hall–Kier alpha value is -2.62. The summed E-state index contributed by atoms with van der Waals surface area (Å²) in [6, 6.07) is 15.7. The molecule has 122 valence electrons. The van der Waals surface area contributed by atoms with E-state index in [9.17, 15) is 9.59 Å². The minimum Gasteiger partial charge on any atom is -0.334 e. The van der Waals surface area contributed by atoms with E-state index in [4.69, 9.17) is 0 Å². The van der Waals surface area contributed by atoms with Crippen molar-refractivity contribution in [1.29, 1.82) is 0 Å². The van der Waals surface area contributed by atoms with Crippen molar-refractivity contribution in [2.24, 2.45) is 0 Å². The molecule has 1 saturated heterocycles. The molecule has 4 nitrogen and oxygen atoms in total. The van der Waals surface area contributed by atoms with Crippen LogP contribution in [0.25, 0.3) is 0 Å². The summed E-state index contributed by atoms with van der Waals surface area (Å²) >= 11 is 0. The monoisotopic (exact) mass is 320 g/mol. The van der Waals surface area contributed by atoms with Gasteiger partial charge in [0.2, 0.25) is 5.91 Å². The quantitative estimate of drug-likeness (QED) is 0.853. The molecule has 24 heavy (non-hydrogen) atoms. The van der Waals surface area contributed by atoms with Crippen LogP contribution in [0.15, 0.2) is 48.5 Å². The van der Waals surface area contributed by atoms with Crippen molar-refractivity contribution in [1.82, 2.24) is 4.90 Å². The number of carbonyl (C=O) groups is 2. The van der Waals surface area contributed by atoms with Crippen LogP contribution in [0.3, 0.4) is 0 Å². The van der Waals surface area contributed by atoms with Gasteiger partial charge in [0, 0.05) is 37.3 Å². The lowest BCUT2D eigenvalue weighted by Gasteiger charge is -2.29. The Morgan fingerprint density at radius 1 is 0.875 bits per heavy atom. The third-order valence-electron chi connectivity index (χ3n) is 4.92. The van der Waals surface area contributed by atoms with E-state index in [1.165, 1.54) is 11.1 Å². The van der Waals surface area contributed by atoms with Gasteiger partial charge in [0.05, 0.1) is 0 Å². The van der Waals surface area contributed by atoms with E-state index in [0.29, 0.717) is 18.5 Å². The number of rotatable bonds is 2. The van der Waals surface area contributed by atoms with Crippen LogP contribution in [-0.4, -0.2) is 29.8 Å². The zero-order chi connectivity index (χ0) is 16.5. The number of anilines is 1. The van der Waals surface area contributed by atoms with Gasteiger partial charge < -0.3 is 9.80 Å². The molecule has 0 N–H and O–H groups in total. The zero-order valence-electron chi connectivity index (χ0n) is 13.6. The highest BCUT2D eigenvalue weighted by Gasteiger charge is 2.24. The molecule has 2 aliphatic heterocycles. The maximum Gasteiger partial charge on any atom is 0.254 e. The van der Waals surface area contributed by atoms with Gasteiger partial charge in [-0.1, -0.05) is 24.3 Å². The summed E-state index contributed by atoms with van der Waals surface area (Å²) in [5, 5.41) is 0. The molecule has 0 radical (unpaired) electrons. The molecule has 0 aromatic heterocycles. The Balaban J connectivity index is 1.50. The predicted octanol–water partition coefficient (Wildman–Crippen LogP) is 3.01. The lowest BCUT2D eigenvalue weighted by molar-refractivity contribution is -0.117. The summed E-state index contributed by atoms with van der Waals surface area (Å²) in [7, 11) is 0. The fourth-order valence-electron chi connectivity index (χ4n) is 3.56. The molecule has 1 fully saturated rings. The second kappa shape index (κ2) is 6.11. The predicted molar refractivity (Wildman–Crippen MR) is 92.9 cm³/mol. The lowest BCUT2D eigenvalue weighted by atomic mass is 9.99. The summed E-state index contributed by atoms with van der Waals surface area (Å²) in [5.74, 6) is 0.227. The Morgan fingerprint density at radius 2 is 1.62 bits per heavy atom. The van der Waals surface area contributed by atoms with Crippen molar-refractivity contribution in [3.05, 3.63) is 65.2 Å². The Kier molecular flexibility index (Phi) is 3.81. The van der Waals surface area contributed by atoms with Crippen LogP contribution in [0.1, 0.15) is 34.3 Å². The average molecular weight is 320 g/mol. The first-order valence-electron chi connectivity index (χ1n) is 8.49. The van der Waals surface area contributed by atoms with Crippen molar-refractivity contribution >= 4 is 17.5 Å². The van der Waals surface area contributed by atoms with Crippen LogP contribution in [0.2, 0.25) is 0 Å². The maximum absolute atomic E-state index is 12.8. The fraction of sp³-hybridized carbons (Fsp3) is 0.300. The first-order chi connectivity index (χ1) is 11.7. The molecule has 0 unspecified atom stereocenters. The number of fused-ring (bicyclic) bond motifs is 1. The Morgan fingerprint density at radius 3 is 2.33 bits per heavy atom. The Labute approximate surface area is 141 Å². The topological polar surface area (TPSA) is 40.6 Å². The molecular formula is C20H20N2O2. The second-order valence-corrected chi connectivity index (χ2v) is 6.44. The van der Waals surface area contributed by atoms with E-state index < -0.39 is 0 Å². The molecule has 2 aromatic rings. The van der Waals surface area contributed by atoms with Crippen LogP contribution < -0.4 is 4.90 Å². The van der Waals surface area contributed by atoms with Gasteiger partial charge in [-0.3, -0.25) is 9.59 Å². The van der Waals surface area contributed by atoms with Crippen LogP contribution >= 0.6 is 0 Å². The normalized spacial score (nSPS) is 17.1. The van der Waals surface area contributed by atoms with Gasteiger partial charge in [-0.15, -0.1) is 0 Å². The molecule has 0 bridgehead atoms. The zero-order valence-corrected chi connectivity index (χ0v) is 13.6. The van der Waals surface area contributed by atoms with E-state index in [1.54, 1.807) is 4.90 Å². The van der Waals surface area contributed by atoms with E-state index >= 15 is 0 Å². The van der Waals surface area contributed by atoms with Gasteiger partial charge in [0.25, 0.3) is 5.91 Å². The molecule has 2 aromatic carbocycles. The number of amides is 2. The minimum absolute atomic E-state index is 0.0591. The third-order valence-corrected chi connectivity index (χ3v) is 4.92. The summed E-state index contributed by atoms with van der Waals surface area (Å²) < 4.78 is 0. The summed E-state index contributed by atoms with van der Waals surface area (Å²) in [6.45, 7) is 2.19.